The maximum Gasteiger partial charge on any atom is 0.278 e. The van der Waals surface area contributed by atoms with E-state index in [1.807, 2.05) is 0 Å². The Morgan fingerprint density at radius 3 is 2.84 bits per heavy atom. The molecular weight excluding hydrogens is 410 g/mol. The van der Waals surface area contributed by atoms with Crippen LogP contribution < -0.4 is 11.3 Å². The molecule has 0 amide bonds. The Labute approximate surface area is 183 Å². The van der Waals surface area contributed by atoms with Crippen LogP contribution in [-0.2, 0) is 11.2 Å². The van der Waals surface area contributed by atoms with E-state index in [1.54, 1.807) is 4.57 Å². The van der Waals surface area contributed by atoms with E-state index in [1.165, 1.54) is 12.4 Å². The van der Waals surface area contributed by atoms with Gasteiger partial charge in [0.25, 0.3) is 5.56 Å². The fourth-order valence-electron chi connectivity index (χ4n) is 6.84. The van der Waals surface area contributed by atoms with Gasteiger partial charge in [-0.2, -0.15) is 4.98 Å². The maximum atomic E-state index is 12.7. The van der Waals surface area contributed by atoms with Crippen molar-refractivity contribution in [2.24, 2.45) is 17.3 Å². The highest BCUT2D eigenvalue weighted by atomic mass is 16.3. The number of aromatic nitrogens is 4. The fourth-order valence-corrected chi connectivity index (χ4v) is 6.84. The lowest BCUT2D eigenvalue weighted by Crippen LogP contribution is -2.42. The van der Waals surface area contributed by atoms with Crippen LogP contribution in [-0.4, -0.2) is 35.5 Å². The molecule has 0 spiro atoms. The van der Waals surface area contributed by atoms with Gasteiger partial charge in [0.1, 0.15) is 12.1 Å². The number of imidazole rings is 1. The standard InChI is InChI=1S/C23H25N5O4/c1-23-7-6-11-10(13(23)4-5-16(23)30)2-3-12-17(11)14(8-15(29)19(12)31)28-9-25-20-18(28)21(32)27-22(24)26-20/h8-11,13,29,31H,2-7H2,1H3,(H3,24,26,27,32)/t10-,11+,13+,23+/m1/s1. The van der Waals surface area contributed by atoms with Gasteiger partial charge in [0.15, 0.2) is 22.7 Å². The molecule has 4 atom stereocenters. The molecule has 3 aromatic rings. The third-order valence-electron chi connectivity index (χ3n) is 8.34. The van der Waals surface area contributed by atoms with Crippen molar-refractivity contribution in [3.8, 4) is 17.2 Å². The van der Waals surface area contributed by atoms with Gasteiger partial charge in [0.05, 0.1) is 5.69 Å². The first-order valence-corrected chi connectivity index (χ1v) is 11.1. The van der Waals surface area contributed by atoms with Crippen LogP contribution in [0.15, 0.2) is 17.2 Å². The molecule has 9 nitrogen and oxygen atoms in total. The molecule has 0 saturated heterocycles. The monoisotopic (exact) mass is 435 g/mol. The van der Waals surface area contributed by atoms with Gasteiger partial charge < -0.3 is 15.9 Å². The third kappa shape index (κ3) is 2.39. The third-order valence-corrected chi connectivity index (χ3v) is 8.34. The second-order valence-corrected chi connectivity index (χ2v) is 9.73. The van der Waals surface area contributed by atoms with Gasteiger partial charge in [0, 0.05) is 23.5 Å². The Hall–Kier alpha value is -3.36. The largest absolute Gasteiger partial charge is 0.504 e. The first-order chi connectivity index (χ1) is 15.3. The minimum atomic E-state index is -0.420. The Bertz CT molecular complexity index is 1360. The summed E-state index contributed by atoms with van der Waals surface area (Å²) in [6, 6.07) is 1.50. The van der Waals surface area contributed by atoms with E-state index in [2.05, 4.69) is 21.9 Å². The van der Waals surface area contributed by atoms with Crippen LogP contribution >= 0.6 is 0 Å². The van der Waals surface area contributed by atoms with Crippen LogP contribution in [0.1, 0.15) is 56.1 Å². The molecule has 0 aliphatic heterocycles. The first kappa shape index (κ1) is 19.3. The number of carbonyl (C=O) groups excluding carboxylic acids is 1. The Morgan fingerprint density at radius 1 is 1.22 bits per heavy atom. The number of nitrogens with zero attached hydrogens (tertiary/aromatic N) is 3. The van der Waals surface area contributed by atoms with Crippen molar-refractivity contribution in [2.45, 2.75) is 51.4 Å². The molecule has 2 heterocycles. The molecule has 166 valence electrons. The first-order valence-electron chi connectivity index (χ1n) is 11.1. The van der Waals surface area contributed by atoms with Crippen molar-refractivity contribution in [2.75, 3.05) is 5.73 Å². The summed E-state index contributed by atoms with van der Waals surface area (Å²) in [6.07, 6.45) is 6.16. The molecule has 0 radical (unpaired) electrons. The SMILES string of the molecule is C[C@]12CC[C@@H]3c4c(-n5cnc6nc(N)[nH]c(=O)c65)cc(O)c(O)c4CC[C@H]3[C@@H]1CCC2=O. The number of aromatic amines is 1. The predicted molar refractivity (Wildman–Crippen MR) is 117 cm³/mol. The number of nitrogens with two attached hydrogens (primary N) is 1. The quantitative estimate of drug-likeness (QED) is 0.429. The van der Waals surface area contributed by atoms with E-state index in [0.717, 1.165) is 36.8 Å². The molecule has 0 bridgehead atoms. The molecule has 3 aliphatic rings. The van der Waals surface area contributed by atoms with Gasteiger partial charge in [-0.3, -0.25) is 19.1 Å². The number of fused-ring (bicyclic) bond motifs is 6. The fraction of sp³-hybridized carbons (Fsp3) is 0.478. The number of benzene rings is 1. The van der Waals surface area contributed by atoms with E-state index in [-0.39, 0.29) is 39.9 Å². The number of phenolic OH excluding ortho intramolecular Hbond substituents is 2. The average Bonchev–Trinajstić information content (AvgIpc) is 3.31. The summed E-state index contributed by atoms with van der Waals surface area (Å²) in [7, 11) is 0. The number of ketones is 1. The molecule has 2 saturated carbocycles. The zero-order valence-electron chi connectivity index (χ0n) is 17.8. The molecule has 32 heavy (non-hydrogen) atoms. The van der Waals surface area contributed by atoms with Crippen LogP contribution in [0.25, 0.3) is 16.9 Å². The normalized spacial score (nSPS) is 29.0. The number of anilines is 1. The molecule has 2 fully saturated rings. The van der Waals surface area contributed by atoms with E-state index in [4.69, 9.17) is 5.73 Å². The average molecular weight is 435 g/mol. The molecule has 5 N–H and O–H groups in total. The van der Waals surface area contributed by atoms with Gasteiger partial charge in [-0.25, -0.2) is 4.98 Å². The molecule has 1 aromatic carbocycles. The zero-order chi connectivity index (χ0) is 22.4. The van der Waals surface area contributed by atoms with E-state index < -0.39 is 5.56 Å². The number of nitrogen functional groups attached to an aromatic ring is 1. The van der Waals surface area contributed by atoms with Gasteiger partial charge in [-0.1, -0.05) is 6.92 Å². The number of hydrogen-bond donors (Lipinski definition) is 4. The summed E-state index contributed by atoms with van der Waals surface area (Å²) in [5.74, 6) is 0.793. The number of H-pyrrole nitrogens is 1. The van der Waals surface area contributed by atoms with Gasteiger partial charge in [-0.05, 0) is 55.4 Å². The molecule has 9 heteroatoms. The highest BCUT2D eigenvalue weighted by Gasteiger charge is 2.55. The van der Waals surface area contributed by atoms with Crippen LogP contribution in [0.4, 0.5) is 5.95 Å². The van der Waals surface area contributed by atoms with Gasteiger partial charge >= 0.3 is 0 Å². The Balaban J connectivity index is 1.58. The van der Waals surface area contributed by atoms with Crippen LogP contribution in [0, 0.1) is 17.3 Å². The van der Waals surface area contributed by atoms with Crippen molar-refractivity contribution in [3.05, 3.63) is 33.9 Å². The van der Waals surface area contributed by atoms with Crippen molar-refractivity contribution >= 4 is 22.9 Å². The number of Topliss-reactive ketones (excluding diaryl/α,β-unsaturated/α-hetero) is 1. The Kier molecular flexibility index (Phi) is 3.83. The number of phenols is 2. The Morgan fingerprint density at radius 2 is 2.03 bits per heavy atom. The summed E-state index contributed by atoms with van der Waals surface area (Å²) in [6.45, 7) is 2.12. The van der Waals surface area contributed by atoms with Crippen LogP contribution in [0.2, 0.25) is 0 Å². The number of carbonyl (C=O) groups is 1. The number of aromatic hydroxyl groups is 2. The second-order valence-electron chi connectivity index (χ2n) is 9.73. The summed E-state index contributed by atoms with van der Waals surface area (Å²) in [4.78, 5) is 36.3. The topological polar surface area (TPSA) is 147 Å². The summed E-state index contributed by atoms with van der Waals surface area (Å²) in [5, 5.41) is 21.2. The highest BCUT2D eigenvalue weighted by Crippen LogP contribution is 2.61. The highest BCUT2D eigenvalue weighted by molar-refractivity contribution is 5.87. The van der Waals surface area contributed by atoms with Crippen molar-refractivity contribution in [3.63, 3.8) is 0 Å². The predicted octanol–water partition coefficient (Wildman–Crippen LogP) is 2.53. The maximum absolute atomic E-state index is 12.7. The zero-order valence-corrected chi connectivity index (χ0v) is 17.8. The number of nitrogens with one attached hydrogen (secondary N) is 1. The van der Waals surface area contributed by atoms with Crippen LogP contribution in [0.3, 0.4) is 0 Å². The number of rotatable bonds is 1. The molecular formula is C23H25N5O4. The lowest BCUT2D eigenvalue weighted by atomic mass is 9.55. The summed E-state index contributed by atoms with van der Waals surface area (Å²) >= 11 is 0. The lowest BCUT2D eigenvalue weighted by Gasteiger charge is -2.48. The van der Waals surface area contributed by atoms with Gasteiger partial charge in [-0.15, -0.1) is 0 Å². The summed E-state index contributed by atoms with van der Waals surface area (Å²) in [5.41, 5.74) is 7.73. The van der Waals surface area contributed by atoms with E-state index >= 15 is 0 Å². The van der Waals surface area contributed by atoms with E-state index in [0.29, 0.717) is 36.1 Å². The molecule has 2 aromatic heterocycles. The van der Waals surface area contributed by atoms with Gasteiger partial charge in [0.2, 0.25) is 5.95 Å². The van der Waals surface area contributed by atoms with Crippen LogP contribution in [0.5, 0.6) is 11.5 Å². The number of hydrogen-bond acceptors (Lipinski definition) is 7. The molecule has 6 rings (SSSR count). The lowest BCUT2D eigenvalue weighted by molar-refractivity contribution is -0.129. The van der Waals surface area contributed by atoms with E-state index in [9.17, 15) is 19.8 Å². The summed E-state index contributed by atoms with van der Waals surface area (Å²) < 4.78 is 1.63. The van der Waals surface area contributed by atoms with Crippen molar-refractivity contribution < 1.29 is 15.0 Å². The molecule has 3 aliphatic carbocycles. The smallest absolute Gasteiger partial charge is 0.278 e. The van der Waals surface area contributed by atoms with Crippen molar-refractivity contribution in [1.82, 2.24) is 19.5 Å². The second kappa shape index (κ2) is 6.34. The van der Waals surface area contributed by atoms with Crippen molar-refractivity contribution in [1.29, 1.82) is 0 Å². The minimum absolute atomic E-state index is 0.0131. The minimum Gasteiger partial charge on any atom is -0.504 e. The molecule has 0 unspecified atom stereocenters.